The minimum absolute atomic E-state index is 0.0386. The molecule has 0 saturated heterocycles. The molecule has 1 aromatic carbocycles. The molecule has 3 aromatic rings. The summed E-state index contributed by atoms with van der Waals surface area (Å²) in [5.41, 5.74) is 2.73. The minimum atomic E-state index is -0.967. The van der Waals surface area contributed by atoms with Crippen molar-refractivity contribution in [1.82, 2.24) is 5.32 Å². The van der Waals surface area contributed by atoms with E-state index in [-0.39, 0.29) is 12.5 Å². The zero-order valence-corrected chi connectivity index (χ0v) is 17.4. The van der Waals surface area contributed by atoms with Gasteiger partial charge in [0.25, 0.3) is 5.91 Å². The molecule has 160 valence electrons. The number of aryl methyl sites for hydroxylation is 1. The van der Waals surface area contributed by atoms with E-state index >= 15 is 0 Å². The number of carbonyl (C=O) groups excluding carboxylic acids is 3. The molecule has 2 aromatic heterocycles. The Morgan fingerprint density at radius 3 is 2.81 bits per heavy atom. The second-order valence-corrected chi connectivity index (χ2v) is 8.07. The molecule has 1 atom stereocenters. The first-order valence-electron chi connectivity index (χ1n) is 9.80. The van der Waals surface area contributed by atoms with Gasteiger partial charge in [0.1, 0.15) is 0 Å². The lowest BCUT2D eigenvalue weighted by Crippen LogP contribution is -2.37. The minimum Gasteiger partial charge on any atom is -0.472 e. The molecule has 8 nitrogen and oxygen atoms in total. The molecule has 0 bridgehead atoms. The third-order valence-electron chi connectivity index (χ3n) is 5.02. The van der Waals surface area contributed by atoms with Gasteiger partial charge in [-0.1, -0.05) is 6.07 Å². The Morgan fingerprint density at radius 2 is 2.06 bits per heavy atom. The predicted molar refractivity (Wildman–Crippen MR) is 116 cm³/mol. The van der Waals surface area contributed by atoms with Crippen molar-refractivity contribution in [3.05, 3.63) is 70.3 Å². The van der Waals surface area contributed by atoms with Gasteiger partial charge in [0.15, 0.2) is 0 Å². The van der Waals surface area contributed by atoms with E-state index in [1.807, 2.05) is 11.4 Å². The van der Waals surface area contributed by atoms with Crippen LogP contribution in [0.15, 0.2) is 58.7 Å². The fourth-order valence-electron chi connectivity index (χ4n) is 3.46. The first kappa shape index (κ1) is 20.8. The van der Waals surface area contributed by atoms with E-state index in [4.69, 9.17) is 4.42 Å². The van der Waals surface area contributed by atoms with E-state index in [0.717, 1.165) is 24.1 Å². The number of thiophene rings is 1. The summed E-state index contributed by atoms with van der Waals surface area (Å²) in [6.07, 6.45) is 3.41. The number of rotatable bonds is 5. The molecule has 4 rings (SSSR count). The van der Waals surface area contributed by atoms with E-state index in [1.54, 1.807) is 35.2 Å². The molecule has 0 saturated carbocycles. The van der Waals surface area contributed by atoms with Crippen molar-refractivity contribution in [3.63, 3.8) is 0 Å². The van der Waals surface area contributed by atoms with E-state index < -0.39 is 17.9 Å². The van der Waals surface area contributed by atoms with Crippen LogP contribution in [-0.4, -0.2) is 35.9 Å². The fourth-order valence-corrected chi connectivity index (χ4v) is 4.13. The summed E-state index contributed by atoms with van der Waals surface area (Å²) in [7, 11) is 0. The Morgan fingerprint density at radius 1 is 1.19 bits per heavy atom. The zero-order chi connectivity index (χ0) is 21.8. The smallest absolute Gasteiger partial charge is 0.313 e. The van der Waals surface area contributed by atoms with Crippen LogP contribution in [-0.2, 0) is 16.0 Å². The maximum atomic E-state index is 12.8. The van der Waals surface area contributed by atoms with E-state index in [2.05, 4.69) is 10.6 Å². The summed E-state index contributed by atoms with van der Waals surface area (Å²) in [5, 5.41) is 16.8. The van der Waals surface area contributed by atoms with Crippen molar-refractivity contribution in [1.29, 1.82) is 0 Å². The largest absolute Gasteiger partial charge is 0.472 e. The van der Waals surface area contributed by atoms with E-state index in [1.165, 1.54) is 23.9 Å². The van der Waals surface area contributed by atoms with Gasteiger partial charge in [0, 0.05) is 30.0 Å². The Bertz CT molecular complexity index is 1080. The Balaban J connectivity index is 1.39. The number of aliphatic hydroxyl groups excluding tert-OH is 1. The molecular formula is C22H21N3O5S. The first-order valence-corrected chi connectivity index (χ1v) is 10.7. The zero-order valence-electron chi connectivity index (χ0n) is 16.5. The third kappa shape index (κ3) is 4.68. The van der Waals surface area contributed by atoms with E-state index in [9.17, 15) is 19.5 Å². The van der Waals surface area contributed by atoms with Crippen LogP contribution in [0.1, 0.15) is 33.3 Å². The summed E-state index contributed by atoms with van der Waals surface area (Å²) in [6, 6.07) is 10.5. The molecule has 3 amide bonds. The fraction of sp³-hybridized carbons (Fsp3) is 0.227. The lowest BCUT2D eigenvalue weighted by Gasteiger charge is -2.29. The first-order chi connectivity index (χ1) is 15.0. The summed E-state index contributed by atoms with van der Waals surface area (Å²) in [5.74, 6) is -1.72. The number of benzene rings is 1. The Kier molecular flexibility index (Phi) is 6.15. The van der Waals surface area contributed by atoms with Gasteiger partial charge in [0.2, 0.25) is 0 Å². The number of hydrogen-bond acceptors (Lipinski definition) is 6. The van der Waals surface area contributed by atoms with Crippen molar-refractivity contribution in [2.45, 2.75) is 18.9 Å². The molecule has 0 unspecified atom stereocenters. The molecule has 3 N–H and O–H groups in total. The van der Waals surface area contributed by atoms with Gasteiger partial charge in [-0.3, -0.25) is 14.4 Å². The molecule has 1 aliphatic rings. The second-order valence-electron chi connectivity index (χ2n) is 7.12. The molecule has 1 aliphatic heterocycles. The molecule has 0 spiro atoms. The van der Waals surface area contributed by atoms with Crippen LogP contribution >= 0.6 is 11.3 Å². The van der Waals surface area contributed by atoms with Crippen molar-refractivity contribution < 1.29 is 23.9 Å². The lowest BCUT2D eigenvalue weighted by atomic mass is 10.0. The number of nitrogens with zero attached hydrogens (tertiary/aromatic N) is 1. The van der Waals surface area contributed by atoms with Gasteiger partial charge in [-0.2, -0.15) is 0 Å². The number of anilines is 2. The van der Waals surface area contributed by atoms with Crippen LogP contribution in [0.4, 0.5) is 11.4 Å². The molecule has 9 heteroatoms. The number of aliphatic hydroxyl groups is 1. The van der Waals surface area contributed by atoms with Gasteiger partial charge in [-0.15, -0.1) is 11.3 Å². The highest BCUT2D eigenvalue weighted by atomic mass is 32.1. The lowest BCUT2D eigenvalue weighted by molar-refractivity contribution is -0.136. The molecule has 31 heavy (non-hydrogen) atoms. The summed E-state index contributed by atoms with van der Waals surface area (Å²) in [6.45, 7) is 0.520. The molecule has 0 aliphatic carbocycles. The number of fused-ring (bicyclic) bond motifs is 1. The molecule has 3 heterocycles. The highest BCUT2D eigenvalue weighted by Crippen LogP contribution is 2.31. The SMILES string of the molecule is O=C(NC[C@@H](O)c1ccoc1)C(=O)Nc1ccc2c(c1)CCCN2C(=O)c1cccs1. The molecular weight excluding hydrogens is 418 g/mol. The number of nitrogens with one attached hydrogen (secondary N) is 2. The highest BCUT2D eigenvalue weighted by molar-refractivity contribution is 7.12. The van der Waals surface area contributed by atoms with Crippen LogP contribution in [0.2, 0.25) is 0 Å². The van der Waals surface area contributed by atoms with Gasteiger partial charge in [-0.25, -0.2) is 0 Å². The Hall–Kier alpha value is -3.43. The van der Waals surface area contributed by atoms with Crippen molar-refractivity contribution >= 4 is 40.4 Å². The van der Waals surface area contributed by atoms with E-state index in [0.29, 0.717) is 22.7 Å². The van der Waals surface area contributed by atoms with Gasteiger partial charge < -0.3 is 25.1 Å². The van der Waals surface area contributed by atoms with Crippen molar-refractivity contribution in [3.8, 4) is 0 Å². The summed E-state index contributed by atoms with van der Waals surface area (Å²) >= 11 is 1.40. The predicted octanol–water partition coefficient (Wildman–Crippen LogP) is 2.72. The Labute approximate surface area is 182 Å². The van der Waals surface area contributed by atoms with Gasteiger partial charge in [-0.05, 0) is 54.1 Å². The van der Waals surface area contributed by atoms with Crippen LogP contribution in [0.5, 0.6) is 0 Å². The maximum absolute atomic E-state index is 12.8. The number of amides is 3. The summed E-state index contributed by atoms with van der Waals surface area (Å²) in [4.78, 5) is 39.5. The third-order valence-corrected chi connectivity index (χ3v) is 5.88. The second kappa shape index (κ2) is 9.15. The molecule has 0 radical (unpaired) electrons. The number of carbonyl (C=O) groups is 3. The standard InChI is InChI=1S/C22H21N3O5S/c26-18(15-7-9-30-13-15)12-23-20(27)21(28)24-16-5-6-17-14(11-16)3-1-8-25(17)22(29)19-4-2-10-31-19/h2,4-7,9-11,13,18,26H,1,3,8,12H2,(H,23,27)(H,24,28)/t18-/m1/s1. The van der Waals surface area contributed by atoms with Crippen LogP contribution < -0.4 is 15.5 Å². The van der Waals surface area contributed by atoms with Crippen molar-refractivity contribution in [2.24, 2.45) is 0 Å². The van der Waals surface area contributed by atoms with Crippen molar-refractivity contribution in [2.75, 3.05) is 23.3 Å². The van der Waals surface area contributed by atoms with Crippen LogP contribution in [0.25, 0.3) is 0 Å². The average Bonchev–Trinajstić information content (AvgIpc) is 3.50. The van der Waals surface area contributed by atoms with Crippen LogP contribution in [0.3, 0.4) is 0 Å². The number of furan rings is 1. The maximum Gasteiger partial charge on any atom is 0.313 e. The highest BCUT2D eigenvalue weighted by Gasteiger charge is 2.25. The monoisotopic (exact) mass is 439 g/mol. The number of hydrogen-bond donors (Lipinski definition) is 3. The van der Waals surface area contributed by atoms with Crippen LogP contribution in [0, 0.1) is 0 Å². The van der Waals surface area contributed by atoms with Gasteiger partial charge >= 0.3 is 11.8 Å². The van der Waals surface area contributed by atoms with Gasteiger partial charge in [0.05, 0.1) is 23.5 Å². The summed E-state index contributed by atoms with van der Waals surface area (Å²) < 4.78 is 4.88. The quantitative estimate of drug-likeness (QED) is 0.529. The topological polar surface area (TPSA) is 112 Å². The molecule has 0 fully saturated rings. The average molecular weight is 439 g/mol. The normalized spacial score (nSPS) is 13.9.